The molecule has 0 unspecified atom stereocenters. The molecule has 0 aromatic heterocycles. The minimum Gasteiger partial charge on any atom is -0.460 e. The molecule has 128 valence electrons. The van der Waals surface area contributed by atoms with E-state index in [-0.39, 0.29) is 12.8 Å². The standard InChI is InChI=1S/C14H12ClF5O3/c1-3-14(4-2,12(15)21)13(22)23-5-6-7(16)9(18)11(20)10(19)8(6)17/h3-5H2,1-2H3. The predicted molar refractivity (Wildman–Crippen MR) is 69.9 cm³/mol. The highest BCUT2D eigenvalue weighted by molar-refractivity contribution is 6.66. The second-order valence-corrected chi connectivity index (χ2v) is 5.03. The Morgan fingerprint density at radius 2 is 1.30 bits per heavy atom. The van der Waals surface area contributed by atoms with Gasteiger partial charge in [0, 0.05) is 0 Å². The number of carbonyl (C=O) groups is 2. The van der Waals surface area contributed by atoms with Crippen molar-refractivity contribution >= 4 is 22.8 Å². The minimum absolute atomic E-state index is 0.0538. The summed E-state index contributed by atoms with van der Waals surface area (Å²) in [6, 6.07) is 0. The minimum atomic E-state index is -2.32. The molecule has 0 amide bonds. The Morgan fingerprint density at radius 1 is 0.913 bits per heavy atom. The number of rotatable bonds is 6. The molecule has 0 aliphatic heterocycles. The van der Waals surface area contributed by atoms with Crippen molar-refractivity contribution in [1.29, 1.82) is 0 Å². The molecule has 0 heterocycles. The predicted octanol–water partition coefficient (Wildman–Crippen LogP) is 4.00. The molecule has 1 aromatic rings. The smallest absolute Gasteiger partial charge is 0.321 e. The van der Waals surface area contributed by atoms with Crippen LogP contribution in [0.5, 0.6) is 0 Å². The van der Waals surface area contributed by atoms with Crippen LogP contribution in [0.4, 0.5) is 22.0 Å². The van der Waals surface area contributed by atoms with Crippen LogP contribution >= 0.6 is 11.6 Å². The van der Waals surface area contributed by atoms with E-state index in [4.69, 9.17) is 11.6 Å². The highest BCUT2D eigenvalue weighted by atomic mass is 35.5. The van der Waals surface area contributed by atoms with E-state index in [0.29, 0.717) is 0 Å². The van der Waals surface area contributed by atoms with Crippen molar-refractivity contribution in [1.82, 2.24) is 0 Å². The van der Waals surface area contributed by atoms with Crippen molar-refractivity contribution < 1.29 is 36.3 Å². The number of hydrogen-bond donors (Lipinski definition) is 0. The molecular formula is C14H12ClF5O3. The van der Waals surface area contributed by atoms with E-state index in [1.165, 1.54) is 13.8 Å². The molecule has 3 nitrogen and oxygen atoms in total. The number of carbonyl (C=O) groups excluding carboxylic acids is 2. The van der Waals surface area contributed by atoms with Crippen molar-refractivity contribution in [2.24, 2.45) is 5.41 Å². The van der Waals surface area contributed by atoms with Crippen LogP contribution < -0.4 is 0 Å². The summed E-state index contributed by atoms with van der Waals surface area (Å²) in [5, 5.41) is -1.04. The molecule has 0 N–H and O–H groups in total. The zero-order chi connectivity index (χ0) is 17.9. The van der Waals surface area contributed by atoms with Crippen molar-refractivity contribution in [3.05, 3.63) is 34.6 Å². The lowest BCUT2D eigenvalue weighted by Gasteiger charge is -2.24. The van der Waals surface area contributed by atoms with Gasteiger partial charge in [-0.25, -0.2) is 22.0 Å². The summed E-state index contributed by atoms with van der Waals surface area (Å²) < 4.78 is 70.5. The van der Waals surface area contributed by atoms with Crippen molar-refractivity contribution in [3.8, 4) is 0 Å². The van der Waals surface area contributed by atoms with Gasteiger partial charge in [-0.1, -0.05) is 13.8 Å². The summed E-state index contributed by atoms with van der Waals surface area (Å²) >= 11 is 5.35. The third-order valence-corrected chi connectivity index (χ3v) is 3.98. The largest absolute Gasteiger partial charge is 0.460 e. The van der Waals surface area contributed by atoms with Gasteiger partial charge in [0.15, 0.2) is 23.3 Å². The molecule has 0 spiro atoms. The zero-order valence-corrected chi connectivity index (χ0v) is 12.9. The van der Waals surface area contributed by atoms with E-state index >= 15 is 0 Å². The van der Waals surface area contributed by atoms with E-state index in [1.54, 1.807) is 0 Å². The summed E-state index contributed by atoms with van der Waals surface area (Å²) in [7, 11) is 0. The third-order valence-electron chi connectivity index (χ3n) is 3.62. The quantitative estimate of drug-likeness (QED) is 0.193. The maximum atomic E-state index is 13.5. The van der Waals surface area contributed by atoms with Crippen LogP contribution in [0, 0.1) is 34.5 Å². The average molecular weight is 359 g/mol. The SMILES string of the molecule is CCC(CC)(C(=O)Cl)C(=O)OCc1c(F)c(F)c(F)c(F)c1F. The number of esters is 1. The van der Waals surface area contributed by atoms with Crippen molar-refractivity contribution in [3.63, 3.8) is 0 Å². The molecule has 0 fully saturated rings. The van der Waals surface area contributed by atoms with E-state index in [2.05, 4.69) is 4.74 Å². The molecule has 0 atom stereocenters. The lowest BCUT2D eigenvalue weighted by Crippen LogP contribution is -2.37. The number of hydrogen-bond acceptors (Lipinski definition) is 3. The van der Waals surface area contributed by atoms with Gasteiger partial charge in [0.05, 0.1) is 5.56 Å². The normalized spacial score (nSPS) is 11.5. The Hall–Kier alpha value is -1.70. The summed E-state index contributed by atoms with van der Waals surface area (Å²) in [5.74, 6) is -12.0. The van der Waals surface area contributed by atoms with E-state index in [0.717, 1.165) is 0 Å². The molecule has 0 saturated carbocycles. The fourth-order valence-electron chi connectivity index (χ4n) is 1.95. The Kier molecular flexibility index (Phi) is 6.10. The molecule has 0 saturated heterocycles. The van der Waals surface area contributed by atoms with Gasteiger partial charge in [0.1, 0.15) is 12.0 Å². The summed E-state index contributed by atoms with van der Waals surface area (Å²) in [5.41, 5.74) is -3.05. The first-order chi connectivity index (χ1) is 10.6. The number of ether oxygens (including phenoxy) is 1. The van der Waals surface area contributed by atoms with Crippen LogP contribution in [-0.2, 0) is 20.9 Å². The fraction of sp³-hybridized carbons (Fsp3) is 0.429. The fourth-order valence-corrected chi connectivity index (χ4v) is 2.29. The maximum Gasteiger partial charge on any atom is 0.321 e. The highest BCUT2D eigenvalue weighted by Crippen LogP contribution is 2.32. The van der Waals surface area contributed by atoms with Gasteiger partial charge in [-0.05, 0) is 24.4 Å². The molecule has 1 rings (SSSR count). The Morgan fingerprint density at radius 3 is 1.65 bits per heavy atom. The topological polar surface area (TPSA) is 43.4 Å². The van der Waals surface area contributed by atoms with Crippen molar-refractivity contribution in [2.75, 3.05) is 0 Å². The van der Waals surface area contributed by atoms with Gasteiger partial charge in [-0.3, -0.25) is 9.59 Å². The van der Waals surface area contributed by atoms with E-state index in [1.807, 2.05) is 0 Å². The molecule has 0 aliphatic carbocycles. The van der Waals surface area contributed by atoms with Crippen LogP contribution in [-0.4, -0.2) is 11.2 Å². The molecular weight excluding hydrogens is 347 g/mol. The maximum absolute atomic E-state index is 13.5. The van der Waals surface area contributed by atoms with Crippen LogP contribution in [0.25, 0.3) is 0 Å². The Labute approximate surface area is 133 Å². The molecule has 23 heavy (non-hydrogen) atoms. The number of halogens is 6. The first-order valence-electron chi connectivity index (χ1n) is 6.51. The summed E-state index contributed by atoms with van der Waals surface area (Å²) in [6.45, 7) is 1.70. The van der Waals surface area contributed by atoms with Gasteiger partial charge < -0.3 is 4.74 Å². The average Bonchev–Trinajstić information content (AvgIpc) is 2.52. The van der Waals surface area contributed by atoms with Gasteiger partial charge >= 0.3 is 5.97 Å². The second-order valence-electron chi connectivity index (χ2n) is 4.69. The second kappa shape index (κ2) is 7.25. The summed E-state index contributed by atoms with van der Waals surface area (Å²) in [4.78, 5) is 23.4. The molecule has 0 aliphatic rings. The van der Waals surface area contributed by atoms with E-state index < -0.39 is 57.9 Å². The Balaban J connectivity index is 3.12. The first-order valence-corrected chi connectivity index (χ1v) is 6.89. The zero-order valence-electron chi connectivity index (χ0n) is 12.1. The number of benzene rings is 1. The van der Waals surface area contributed by atoms with Crippen molar-refractivity contribution in [2.45, 2.75) is 33.3 Å². The lowest BCUT2D eigenvalue weighted by atomic mass is 9.84. The monoisotopic (exact) mass is 358 g/mol. The van der Waals surface area contributed by atoms with Gasteiger partial charge in [0.25, 0.3) is 0 Å². The molecule has 0 bridgehead atoms. The van der Waals surface area contributed by atoms with Crippen LogP contribution in [0.3, 0.4) is 0 Å². The highest BCUT2D eigenvalue weighted by Gasteiger charge is 2.43. The lowest BCUT2D eigenvalue weighted by molar-refractivity contribution is -0.160. The van der Waals surface area contributed by atoms with Gasteiger partial charge in [0.2, 0.25) is 11.1 Å². The van der Waals surface area contributed by atoms with Gasteiger partial charge in [-0.15, -0.1) is 0 Å². The first kappa shape index (κ1) is 19.3. The molecule has 0 radical (unpaired) electrons. The summed E-state index contributed by atoms with van der Waals surface area (Å²) in [6.07, 6.45) is -0.108. The Bertz CT molecular complexity index is 615. The molecule has 9 heteroatoms. The third kappa shape index (κ3) is 3.31. The van der Waals surface area contributed by atoms with Crippen LogP contribution in [0.2, 0.25) is 0 Å². The van der Waals surface area contributed by atoms with E-state index in [9.17, 15) is 31.5 Å². The van der Waals surface area contributed by atoms with Gasteiger partial charge in [-0.2, -0.15) is 0 Å². The molecule has 1 aromatic carbocycles. The van der Waals surface area contributed by atoms with Crippen LogP contribution in [0.15, 0.2) is 0 Å². The van der Waals surface area contributed by atoms with Crippen LogP contribution in [0.1, 0.15) is 32.3 Å².